The number of methoxy groups -OCH3 is 1. The summed E-state index contributed by atoms with van der Waals surface area (Å²) in [5.74, 6) is -0.169. The Kier molecular flexibility index (Phi) is 8.19. The van der Waals surface area contributed by atoms with Gasteiger partial charge in [-0.15, -0.1) is 0 Å². The molecule has 0 aliphatic carbocycles. The van der Waals surface area contributed by atoms with Crippen molar-refractivity contribution in [2.24, 2.45) is 0 Å². The molecule has 1 aliphatic rings. The summed E-state index contributed by atoms with van der Waals surface area (Å²) >= 11 is 3.42. The van der Waals surface area contributed by atoms with Gasteiger partial charge in [0.25, 0.3) is 11.7 Å². The van der Waals surface area contributed by atoms with Gasteiger partial charge in [-0.05, 0) is 72.1 Å². The van der Waals surface area contributed by atoms with E-state index in [4.69, 9.17) is 9.47 Å². The lowest BCUT2D eigenvalue weighted by molar-refractivity contribution is -0.139. The average molecular weight is 516 g/mol. The van der Waals surface area contributed by atoms with Crippen molar-refractivity contribution in [3.63, 3.8) is 0 Å². The first-order valence-corrected chi connectivity index (χ1v) is 12.0. The second-order valence-corrected chi connectivity index (χ2v) is 9.14. The Morgan fingerprint density at radius 1 is 1.12 bits per heavy atom. The van der Waals surface area contributed by atoms with Crippen molar-refractivity contribution in [2.75, 3.05) is 13.7 Å². The van der Waals surface area contributed by atoms with Crippen molar-refractivity contribution in [3.8, 4) is 11.5 Å². The molecule has 33 heavy (non-hydrogen) atoms. The molecule has 176 valence electrons. The number of ether oxygens (including phenoxy) is 2. The van der Waals surface area contributed by atoms with Crippen LogP contribution in [-0.2, 0) is 9.59 Å². The number of halogens is 1. The predicted molar refractivity (Wildman–Crippen MR) is 131 cm³/mol. The second kappa shape index (κ2) is 10.9. The molecule has 0 radical (unpaired) electrons. The summed E-state index contributed by atoms with van der Waals surface area (Å²) in [5.41, 5.74) is 1.26. The summed E-state index contributed by atoms with van der Waals surface area (Å²) < 4.78 is 11.6. The van der Waals surface area contributed by atoms with Gasteiger partial charge in [0.05, 0.1) is 29.3 Å². The number of hydrogen-bond acceptors (Lipinski definition) is 5. The minimum Gasteiger partial charge on any atom is -0.507 e. The number of nitrogens with zero attached hydrogens (tertiary/aromatic N) is 1. The molecule has 0 aromatic heterocycles. The Labute approximate surface area is 203 Å². The Hall–Kier alpha value is -2.80. The number of carbonyl (C=O) groups excluding carboxylic acids is 2. The van der Waals surface area contributed by atoms with Crippen LogP contribution in [0.1, 0.15) is 57.2 Å². The van der Waals surface area contributed by atoms with E-state index in [-0.39, 0.29) is 17.4 Å². The molecule has 7 heteroatoms. The summed E-state index contributed by atoms with van der Waals surface area (Å²) in [6.07, 6.45) is 2.75. The molecule has 6 nitrogen and oxygen atoms in total. The highest BCUT2D eigenvalue weighted by molar-refractivity contribution is 9.10. The molecule has 3 rings (SSSR count). The van der Waals surface area contributed by atoms with Crippen molar-refractivity contribution < 1.29 is 24.2 Å². The third-order valence-corrected chi connectivity index (χ3v) is 6.16. The molecule has 2 aromatic carbocycles. The summed E-state index contributed by atoms with van der Waals surface area (Å²) in [6, 6.07) is 11.7. The molecule has 1 heterocycles. The fraction of sp³-hybridized carbons (Fsp3) is 0.385. The lowest BCUT2D eigenvalue weighted by atomic mass is 9.95. The third kappa shape index (κ3) is 5.41. The third-order valence-electron chi connectivity index (χ3n) is 5.54. The van der Waals surface area contributed by atoms with Crippen LogP contribution in [0, 0.1) is 0 Å². The first-order chi connectivity index (χ1) is 15.8. The minimum absolute atomic E-state index is 0.0315. The van der Waals surface area contributed by atoms with Crippen molar-refractivity contribution in [1.82, 2.24) is 4.90 Å². The molecule has 1 unspecified atom stereocenters. The topological polar surface area (TPSA) is 76.1 Å². The summed E-state index contributed by atoms with van der Waals surface area (Å²) in [5, 5.41) is 11.2. The largest absolute Gasteiger partial charge is 0.507 e. The molecule has 1 saturated heterocycles. The highest BCUT2D eigenvalue weighted by atomic mass is 79.9. The summed E-state index contributed by atoms with van der Waals surface area (Å²) in [6.45, 7) is 6.42. The van der Waals surface area contributed by atoms with Gasteiger partial charge in [-0.1, -0.05) is 31.9 Å². The molecule has 1 aliphatic heterocycles. The van der Waals surface area contributed by atoms with Crippen LogP contribution in [0.5, 0.6) is 11.5 Å². The number of carbonyl (C=O) groups is 2. The lowest BCUT2D eigenvalue weighted by Crippen LogP contribution is -2.30. The van der Waals surface area contributed by atoms with E-state index in [9.17, 15) is 14.7 Å². The van der Waals surface area contributed by atoms with Gasteiger partial charge in [0.2, 0.25) is 0 Å². The van der Waals surface area contributed by atoms with Gasteiger partial charge in [-0.3, -0.25) is 9.59 Å². The van der Waals surface area contributed by atoms with E-state index >= 15 is 0 Å². The number of benzene rings is 2. The Balaban J connectivity index is 2.09. The number of Topliss-reactive ketones (excluding diaryl/α,β-unsaturated/α-hetero) is 1. The molecule has 0 saturated carbocycles. The van der Waals surface area contributed by atoms with E-state index in [1.54, 1.807) is 30.2 Å². The van der Waals surface area contributed by atoms with Crippen LogP contribution in [0.3, 0.4) is 0 Å². The average Bonchev–Trinajstić information content (AvgIpc) is 3.04. The zero-order chi connectivity index (χ0) is 24.1. The minimum atomic E-state index is -0.677. The van der Waals surface area contributed by atoms with Crippen molar-refractivity contribution in [2.45, 2.75) is 52.2 Å². The van der Waals surface area contributed by atoms with Crippen LogP contribution in [-0.4, -0.2) is 41.5 Å². The molecule has 1 N–H and O–H groups in total. The standard InChI is InChI=1S/C26H30BrNO5/c1-5-6-7-14-28-23(17-8-11-19(12-9-17)33-16(2)3)22(25(30)26(28)31)24(29)18-10-13-21(32-4)20(27)15-18/h8-13,15-16,23,29H,5-7,14H2,1-4H3/b24-22-. The van der Waals surface area contributed by atoms with E-state index in [0.29, 0.717) is 28.1 Å². The molecule has 1 fully saturated rings. The highest BCUT2D eigenvalue weighted by Crippen LogP contribution is 2.41. The maximum Gasteiger partial charge on any atom is 0.295 e. The Morgan fingerprint density at radius 2 is 1.82 bits per heavy atom. The Morgan fingerprint density at radius 3 is 2.39 bits per heavy atom. The Bertz CT molecular complexity index is 1050. The monoisotopic (exact) mass is 515 g/mol. The van der Waals surface area contributed by atoms with Crippen molar-refractivity contribution in [1.29, 1.82) is 0 Å². The molecule has 1 amide bonds. The van der Waals surface area contributed by atoms with E-state index < -0.39 is 17.7 Å². The molecule has 1 atom stereocenters. The van der Waals surface area contributed by atoms with Crippen LogP contribution in [0.25, 0.3) is 5.76 Å². The maximum atomic E-state index is 13.1. The number of aliphatic hydroxyl groups is 1. The van der Waals surface area contributed by atoms with E-state index in [2.05, 4.69) is 22.9 Å². The molecule has 0 spiro atoms. The number of likely N-dealkylation sites (tertiary alicyclic amines) is 1. The molecule has 0 bridgehead atoms. The van der Waals surface area contributed by atoms with Gasteiger partial charge in [-0.2, -0.15) is 0 Å². The highest BCUT2D eigenvalue weighted by Gasteiger charge is 2.45. The number of rotatable bonds is 9. The predicted octanol–water partition coefficient (Wildman–Crippen LogP) is 5.86. The molecular weight excluding hydrogens is 486 g/mol. The number of unbranched alkanes of at least 4 members (excludes halogenated alkanes) is 2. The van der Waals surface area contributed by atoms with Gasteiger partial charge in [0.1, 0.15) is 17.3 Å². The molecule has 2 aromatic rings. The van der Waals surface area contributed by atoms with Crippen molar-refractivity contribution >= 4 is 33.4 Å². The lowest BCUT2D eigenvalue weighted by Gasteiger charge is -2.25. The van der Waals surface area contributed by atoms with E-state index in [1.807, 2.05) is 38.1 Å². The normalized spacial score (nSPS) is 17.6. The quantitative estimate of drug-likeness (QED) is 0.196. The number of amides is 1. The zero-order valence-corrected chi connectivity index (χ0v) is 21.0. The fourth-order valence-corrected chi connectivity index (χ4v) is 4.50. The van der Waals surface area contributed by atoms with Gasteiger partial charge >= 0.3 is 0 Å². The van der Waals surface area contributed by atoms with Gasteiger partial charge < -0.3 is 19.5 Å². The van der Waals surface area contributed by atoms with Gasteiger partial charge in [-0.25, -0.2) is 0 Å². The van der Waals surface area contributed by atoms with Gasteiger partial charge in [0.15, 0.2) is 0 Å². The van der Waals surface area contributed by atoms with Crippen molar-refractivity contribution in [3.05, 3.63) is 63.6 Å². The van der Waals surface area contributed by atoms with Crippen LogP contribution < -0.4 is 9.47 Å². The van der Waals surface area contributed by atoms with Crippen LogP contribution in [0.2, 0.25) is 0 Å². The SMILES string of the molecule is CCCCCN1C(=O)C(=O)/C(=C(\O)c2ccc(OC)c(Br)c2)C1c1ccc(OC(C)C)cc1. The zero-order valence-electron chi connectivity index (χ0n) is 19.4. The fourth-order valence-electron chi connectivity index (χ4n) is 3.96. The molecular formula is C26H30BrNO5. The summed E-state index contributed by atoms with van der Waals surface area (Å²) in [7, 11) is 1.55. The summed E-state index contributed by atoms with van der Waals surface area (Å²) in [4.78, 5) is 27.7. The number of hydrogen-bond donors (Lipinski definition) is 1. The smallest absolute Gasteiger partial charge is 0.295 e. The van der Waals surface area contributed by atoms with E-state index in [1.165, 1.54) is 0 Å². The van der Waals surface area contributed by atoms with E-state index in [0.717, 1.165) is 24.8 Å². The first-order valence-electron chi connectivity index (χ1n) is 11.2. The van der Waals surface area contributed by atoms with Crippen LogP contribution in [0.4, 0.5) is 0 Å². The first kappa shape index (κ1) is 24.8. The number of ketones is 1. The van der Waals surface area contributed by atoms with Crippen LogP contribution >= 0.6 is 15.9 Å². The van der Waals surface area contributed by atoms with Crippen LogP contribution in [0.15, 0.2) is 52.5 Å². The maximum absolute atomic E-state index is 13.1. The second-order valence-electron chi connectivity index (χ2n) is 8.28. The number of aliphatic hydroxyl groups excluding tert-OH is 1. The van der Waals surface area contributed by atoms with Gasteiger partial charge in [0, 0.05) is 12.1 Å².